The molecule has 0 saturated heterocycles. The van der Waals surface area contributed by atoms with Crippen LogP contribution in [0.3, 0.4) is 0 Å². The molecular formula is C22H23N3O2. The number of hydrogen-bond donors (Lipinski definition) is 0. The molecule has 5 heteroatoms. The van der Waals surface area contributed by atoms with E-state index in [4.69, 9.17) is 14.5 Å². The minimum absolute atomic E-state index is 0.803. The fraction of sp³-hybridized carbons (Fsp3) is 0.273. The van der Waals surface area contributed by atoms with Gasteiger partial charge < -0.3 is 9.47 Å². The van der Waals surface area contributed by atoms with Crippen molar-refractivity contribution in [3.05, 3.63) is 71.5 Å². The largest absolute Gasteiger partial charge is 0.497 e. The SMILES string of the molecule is COc1ccc(OC)c(CN2CCc3nc(-c4ccccc4)ncc3C2)c1. The van der Waals surface area contributed by atoms with Crippen molar-refractivity contribution in [2.45, 2.75) is 19.5 Å². The fourth-order valence-electron chi connectivity index (χ4n) is 3.48. The van der Waals surface area contributed by atoms with Crippen LogP contribution in [0.1, 0.15) is 16.8 Å². The van der Waals surface area contributed by atoms with E-state index in [1.807, 2.05) is 54.7 Å². The number of fused-ring (bicyclic) bond motifs is 1. The van der Waals surface area contributed by atoms with Gasteiger partial charge in [0.25, 0.3) is 0 Å². The van der Waals surface area contributed by atoms with E-state index in [-0.39, 0.29) is 0 Å². The second-order valence-electron chi connectivity index (χ2n) is 6.67. The van der Waals surface area contributed by atoms with Crippen molar-refractivity contribution < 1.29 is 9.47 Å². The summed E-state index contributed by atoms with van der Waals surface area (Å²) in [4.78, 5) is 11.8. The third-order valence-corrected chi connectivity index (χ3v) is 4.93. The van der Waals surface area contributed by atoms with Crippen molar-refractivity contribution in [3.63, 3.8) is 0 Å². The van der Waals surface area contributed by atoms with Crippen LogP contribution in [0.15, 0.2) is 54.7 Å². The Balaban J connectivity index is 1.52. The molecule has 0 amide bonds. The predicted molar refractivity (Wildman–Crippen MR) is 105 cm³/mol. The number of nitrogens with zero attached hydrogens (tertiary/aromatic N) is 3. The highest BCUT2D eigenvalue weighted by Crippen LogP contribution is 2.27. The van der Waals surface area contributed by atoms with Gasteiger partial charge in [-0.2, -0.15) is 0 Å². The van der Waals surface area contributed by atoms with Crippen molar-refractivity contribution >= 4 is 0 Å². The number of ether oxygens (including phenoxy) is 2. The molecule has 0 aliphatic carbocycles. The second-order valence-corrected chi connectivity index (χ2v) is 6.67. The summed E-state index contributed by atoms with van der Waals surface area (Å²) < 4.78 is 10.9. The molecule has 27 heavy (non-hydrogen) atoms. The van der Waals surface area contributed by atoms with Crippen LogP contribution in [0.2, 0.25) is 0 Å². The zero-order chi connectivity index (χ0) is 18.6. The Morgan fingerprint density at radius 1 is 1.04 bits per heavy atom. The average molecular weight is 361 g/mol. The summed E-state index contributed by atoms with van der Waals surface area (Å²) in [5, 5.41) is 0. The van der Waals surface area contributed by atoms with Gasteiger partial charge in [-0.1, -0.05) is 30.3 Å². The van der Waals surface area contributed by atoms with Crippen LogP contribution < -0.4 is 9.47 Å². The minimum atomic E-state index is 0.803. The Hall–Kier alpha value is -2.92. The van der Waals surface area contributed by atoms with Crippen molar-refractivity contribution in [1.29, 1.82) is 0 Å². The first kappa shape index (κ1) is 17.5. The van der Waals surface area contributed by atoms with Crippen molar-refractivity contribution in [2.24, 2.45) is 0 Å². The van der Waals surface area contributed by atoms with Crippen LogP contribution in [-0.4, -0.2) is 35.6 Å². The van der Waals surface area contributed by atoms with E-state index in [1.54, 1.807) is 14.2 Å². The Bertz CT molecular complexity index is 928. The lowest BCUT2D eigenvalue weighted by Crippen LogP contribution is -2.31. The molecule has 1 aliphatic heterocycles. The molecule has 0 spiro atoms. The summed E-state index contributed by atoms with van der Waals surface area (Å²) in [5.41, 5.74) is 4.53. The predicted octanol–water partition coefficient (Wildman–Crippen LogP) is 3.72. The third-order valence-electron chi connectivity index (χ3n) is 4.93. The number of rotatable bonds is 5. The van der Waals surface area contributed by atoms with Crippen LogP contribution >= 0.6 is 0 Å². The third kappa shape index (κ3) is 3.78. The molecule has 1 aliphatic rings. The molecule has 0 unspecified atom stereocenters. The molecular weight excluding hydrogens is 338 g/mol. The van der Waals surface area contributed by atoms with Gasteiger partial charge in [-0.05, 0) is 18.2 Å². The molecule has 0 N–H and O–H groups in total. The Labute approximate surface area is 159 Å². The first-order chi connectivity index (χ1) is 13.3. The van der Waals surface area contributed by atoms with Gasteiger partial charge in [-0.3, -0.25) is 4.90 Å². The molecule has 3 aromatic rings. The van der Waals surface area contributed by atoms with E-state index in [2.05, 4.69) is 9.88 Å². The summed E-state index contributed by atoms with van der Waals surface area (Å²) in [6.07, 6.45) is 2.89. The highest BCUT2D eigenvalue weighted by molar-refractivity contribution is 5.54. The number of aromatic nitrogens is 2. The molecule has 0 atom stereocenters. The van der Waals surface area contributed by atoms with Gasteiger partial charge in [0.2, 0.25) is 0 Å². The van der Waals surface area contributed by atoms with E-state index in [0.29, 0.717) is 0 Å². The molecule has 0 bridgehead atoms. The molecule has 2 aromatic carbocycles. The molecule has 4 rings (SSSR count). The second kappa shape index (κ2) is 7.76. The molecule has 0 saturated carbocycles. The topological polar surface area (TPSA) is 47.5 Å². The molecule has 5 nitrogen and oxygen atoms in total. The minimum Gasteiger partial charge on any atom is -0.497 e. The highest BCUT2D eigenvalue weighted by atomic mass is 16.5. The van der Waals surface area contributed by atoms with Gasteiger partial charge >= 0.3 is 0 Å². The first-order valence-corrected chi connectivity index (χ1v) is 9.10. The van der Waals surface area contributed by atoms with E-state index in [9.17, 15) is 0 Å². The van der Waals surface area contributed by atoms with E-state index in [1.165, 1.54) is 5.56 Å². The first-order valence-electron chi connectivity index (χ1n) is 9.10. The number of benzene rings is 2. The van der Waals surface area contributed by atoms with Gasteiger partial charge in [0.05, 0.1) is 19.9 Å². The van der Waals surface area contributed by atoms with Crippen LogP contribution in [0.4, 0.5) is 0 Å². The van der Waals surface area contributed by atoms with Crippen molar-refractivity contribution in [3.8, 4) is 22.9 Å². The zero-order valence-electron chi connectivity index (χ0n) is 15.7. The molecule has 0 fully saturated rings. The number of hydrogen-bond acceptors (Lipinski definition) is 5. The van der Waals surface area contributed by atoms with Crippen LogP contribution in [-0.2, 0) is 19.5 Å². The Morgan fingerprint density at radius 3 is 2.67 bits per heavy atom. The van der Waals surface area contributed by atoms with Crippen molar-refractivity contribution in [2.75, 3.05) is 20.8 Å². The van der Waals surface area contributed by atoms with Gasteiger partial charge in [-0.25, -0.2) is 9.97 Å². The summed E-state index contributed by atoms with van der Waals surface area (Å²) >= 11 is 0. The normalized spacial score (nSPS) is 13.9. The highest BCUT2D eigenvalue weighted by Gasteiger charge is 2.20. The molecule has 138 valence electrons. The lowest BCUT2D eigenvalue weighted by Gasteiger charge is -2.28. The molecule has 2 heterocycles. The number of methoxy groups -OCH3 is 2. The van der Waals surface area contributed by atoms with E-state index >= 15 is 0 Å². The zero-order valence-corrected chi connectivity index (χ0v) is 15.7. The van der Waals surface area contributed by atoms with Crippen LogP contribution in [0, 0.1) is 0 Å². The van der Waals surface area contributed by atoms with Gasteiger partial charge in [0.15, 0.2) is 5.82 Å². The monoisotopic (exact) mass is 361 g/mol. The average Bonchev–Trinajstić information content (AvgIpc) is 2.74. The van der Waals surface area contributed by atoms with Gasteiger partial charge in [0.1, 0.15) is 11.5 Å². The summed E-state index contributed by atoms with van der Waals surface area (Å²) in [6.45, 7) is 2.60. The lowest BCUT2D eigenvalue weighted by atomic mass is 10.1. The maximum absolute atomic E-state index is 5.51. The van der Waals surface area contributed by atoms with E-state index in [0.717, 1.165) is 60.2 Å². The van der Waals surface area contributed by atoms with Crippen LogP contribution in [0.5, 0.6) is 11.5 Å². The Morgan fingerprint density at radius 2 is 1.89 bits per heavy atom. The summed E-state index contributed by atoms with van der Waals surface area (Å²) in [7, 11) is 3.39. The van der Waals surface area contributed by atoms with Gasteiger partial charge in [-0.15, -0.1) is 0 Å². The quantitative estimate of drug-likeness (QED) is 0.693. The van der Waals surface area contributed by atoms with Crippen molar-refractivity contribution in [1.82, 2.24) is 14.9 Å². The fourth-order valence-corrected chi connectivity index (χ4v) is 3.48. The standard InChI is InChI=1S/C22H23N3O2/c1-26-19-8-9-21(27-2)17(12-19)14-25-11-10-20-18(15-25)13-23-22(24-20)16-6-4-3-5-7-16/h3-9,12-13H,10-11,14-15H2,1-2H3. The maximum Gasteiger partial charge on any atom is 0.159 e. The van der Waals surface area contributed by atoms with E-state index < -0.39 is 0 Å². The molecule has 0 radical (unpaired) electrons. The maximum atomic E-state index is 5.51. The smallest absolute Gasteiger partial charge is 0.159 e. The lowest BCUT2D eigenvalue weighted by molar-refractivity contribution is 0.239. The van der Waals surface area contributed by atoms with Gasteiger partial charge in [0, 0.05) is 48.9 Å². The Kier molecular flexibility index (Phi) is 5.03. The summed E-state index contributed by atoms with van der Waals surface area (Å²) in [5.74, 6) is 2.54. The molecule has 1 aromatic heterocycles. The van der Waals surface area contributed by atoms with Crippen LogP contribution in [0.25, 0.3) is 11.4 Å². The summed E-state index contributed by atoms with van der Waals surface area (Å²) in [6, 6.07) is 16.1.